The van der Waals surface area contributed by atoms with Crippen LogP contribution in [0.4, 0.5) is 0 Å². The lowest BCUT2D eigenvalue weighted by atomic mass is 10.2. The van der Waals surface area contributed by atoms with E-state index >= 15 is 0 Å². The molecule has 148 valence electrons. The maximum Gasteiger partial charge on any atom is 0.290 e. The Hall–Kier alpha value is -2.64. The lowest BCUT2D eigenvalue weighted by Crippen LogP contribution is -2.38. The molecule has 28 heavy (non-hydrogen) atoms. The molecule has 0 radical (unpaired) electrons. The van der Waals surface area contributed by atoms with Crippen molar-refractivity contribution in [2.75, 3.05) is 20.3 Å². The number of amides is 1. The van der Waals surface area contributed by atoms with Gasteiger partial charge in [0.25, 0.3) is 11.5 Å². The van der Waals surface area contributed by atoms with E-state index in [2.05, 4.69) is 4.98 Å². The lowest BCUT2D eigenvalue weighted by Gasteiger charge is -2.29. The van der Waals surface area contributed by atoms with E-state index in [1.165, 1.54) is 10.8 Å². The zero-order valence-electron chi connectivity index (χ0n) is 16.0. The molecule has 0 aliphatic heterocycles. The van der Waals surface area contributed by atoms with Crippen LogP contribution in [0, 0.1) is 0 Å². The normalized spacial score (nSPS) is 12.3. The second-order valence-electron chi connectivity index (χ2n) is 6.49. The molecular formula is C20H22ClN3O4. The van der Waals surface area contributed by atoms with Gasteiger partial charge in [0, 0.05) is 32.3 Å². The number of carbonyl (C=O) groups is 1. The summed E-state index contributed by atoms with van der Waals surface area (Å²) >= 11 is 6.07. The molecule has 2 aromatic heterocycles. The number of fused-ring (bicyclic) bond motifs is 1. The van der Waals surface area contributed by atoms with Gasteiger partial charge >= 0.3 is 0 Å². The Kier molecular flexibility index (Phi) is 6.16. The Morgan fingerprint density at radius 1 is 1.39 bits per heavy atom. The first-order valence-electron chi connectivity index (χ1n) is 8.93. The Balaban J connectivity index is 2.04. The molecule has 1 atom stereocenters. The summed E-state index contributed by atoms with van der Waals surface area (Å²) in [7, 11) is 3.26. The lowest BCUT2D eigenvalue weighted by molar-refractivity contribution is 0.0624. The van der Waals surface area contributed by atoms with Crippen LogP contribution in [0.15, 0.2) is 45.8 Å². The topological polar surface area (TPSA) is 77.6 Å². The number of nitrogens with zero attached hydrogens (tertiary/aromatic N) is 3. The van der Waals surface area contributed by atoms with E-state index < -0.39 is 6.04 Å². The van der Waals surface area contributed by atoms with Crippen molar-refractivity contribution in [2.45, 2.75) is 19.4 Å². The fourth-order valence-electron chi connectivity index (χ4n) is 3.17. The minimum atomic E-state index is -0.462. The third kappa shape index (κ3) is 3.95. The van der Waals surface area contributed by atoms with Gasteiger partial charge < -0.3 is 14.1 Å². The van der Waals surface area contributed by atoms with Crippen LogP contribution in [-0.4, -0.2) is 40.6 Å². The molecule has 3 rings (SSSR count). The number of aromatic nitrogens is 2. The molecule has 7 nitrogen and oxygen atoms in total. The van der Waals surface area contributed by atoms with Crippen LogP contribution in [0.25, 0.3) is 10.9 Å². The maximum absolute atomic E-state index is 13.0. The number of hydrogen-bond donors (Lipinski definition) is 0. The van der Waals surface area contributed by atoms with Crippen molar-refractivity contribution in [3.63, 3.8) is 0 Å². The van der Waals surface area contributed by atoms with Crippen LogP contribution < -0.4 is 5.56 Å². The van der Waals surface area contributed by atoms with Crippen LogP contribution in [-0.2, 0) is 11.8 Å². The monoisotopic (exact) mass is 403 g/mol. The number of methoxy groups -OCH3 is 1. The van der Waals surface area contributed by atoms with Crippen molar-refractivity contribution in [3.05, 3.63) is 63.6 Å². The van der Waals surface area contributed by atoms with Crippen molar-refractivity contribution in [2.24, 2.45) is 7.05 Å². The molecule has 0 saturated carbocycles. The van der Waals surface area contributed by atoms with Gasteiger partial charge in [-0.2, -0.15) is 0 Å². The number of benzene rings is 1. The van der Waals surface area contributed by atoms with Crippen molar-refractivity contribution >= 4 is 28.4 Å². The Labute approximate surface area is 167 Å². The number of hydrogen-bond acceptors (Lipinski definition) is 5. The largest absolute Gasteiger partial charge is 0.459 e. The number of rotatable bonds is 7. The van der Waals surface area contributed by atoms with E-state index in [1.54, 1.807) is 49.4 Å². The average molecular weight is 404 g/mol. The van der Waals surface area contributed by atoms with Crippen LogP contribution in [0.5, 0.6) is 0 Å². The minimum Gasteiger partial charge on any atom is -0.459 e. The smallest absolute Gasteiger partial charge is 0.290 e. The summed E-state index contributed by atoms with van der Waals surface area (Å²) in [5, 5.41) is 0.974. The minimum absolute atomic E-state index is 0.189. The number of carbonyl (C=O) groups excluding carboxylic acids is 1. The molecule has 0 N–H and O–H groups in total. The standard InChI is InChI=1S/C20H22ClN3O4/c1-13(24(9-5-10-27-3)20(26)17-6-4-11-28-17)18-22-16-12-14(21)7-8-15(16)19(25)23(18)2/h4,6-8,11-13H,5,9-10H2,1-3H3. The molecule has 2 heterocycles. The molecule has 0 spiro atoms. The molecule has 0 aliphatic rings. The van der Waals surface area contributed by atoms with Crippen molar-refractivity contribution in [1.29, 1.82) is 0 Å². The van der Waals surface area contributed by atoms with E-state index in [-0.39, 0.29) is 17.2 Å². The van der Waals surface area contributed by atoms with E-state index in [0.29, 0.717) is 41.3 Å². The van der Waals surface area contributed by atoms with Crippen molar-refractivity contribution in [3.8, 4) is 0 Å². The van der Waals surface area contributed by atoms with Gasteiger partial charge in [-0.3, -0.25) is 14.2 Å². The fourth-order valence-corrected chi connectivity index (χ4v) is 3.33. The summed E-state index contributed by atoms with van der Waals surface area (Å²) in [4.78, 5) is 32.0. The molecule has 3 aromatic rings. The summed E-state index contributed by atoms with van der Waals surface area (Å²) in [6.07, 6.45) is 2.10. The van der Waals surface area contributed by atoms with Crippen molar-refractivity contribution < 1.29 is 13.9 Å². The van der Waals surface area contributed by atoms with E-state index in [4.69, 9.17) is 20.8 Å². The molecule has 1 amide bonds. The van der Waals surface area contributed by atoms with E-state index in [9.17, 15) is 9.59 Å². The number of halogens is 1. The quantitative estimate of drug-likeness (QED) is 0.565. The second kappa shape index (κ2) is 8.58. The van der Waals surface area contributed by atoms with Gasteiger partial charge in [0.05, 0.1) is 23.2 Å². The molecule has 8 heteroatoms. The highest BCUT2D eigenvalue weighted by Crippen LogP contribution is 2.23. The Morgan fingerprint density at radius 3 is 2.86 bits per heavy atom. The first-order valence-corrected chi connectivity index (χ1v) is 9.31. The highest BCUT2D eigenvalue weighted by Gasteiger charge is 2.27. The molecule has 0 aliphatic carbocycles. The summed E-state index contributed by atoms with van der Waals surface area (Å²) in [5.41, 5.74) is 0.311. The van der Waals surface area contributed by atoms with E-state index in [0.717, 1.165) is 0 Å². The third-order valence-corrected chi connectivity index (χ3v) is 4.89. The third-order valence-electron chi connectivity index (χ3n) is 4.65. The highest BCUT2D eigenvalue weighted by atomic mass is 35.5. The fraction of sp³-hybridized carbons (Fsp3) is 0.350. The van der Waals surface area contributed by atoms with Gasteiger partial charge in [0.2, 0.25) is 0 Å². The van der Waals surface area contributed by atoms with Crippen LogP contribution in [0.1, 0.15) is 35.8 Å². The summed E-state index contributed by atoms with van der Waals surface area (Å²) in [5.74, 6) is 0.434. The van der Waals surface area contributed by atoms with Crippen molar-refractivity contribution in [1.82, 2.24) is 14.5 Å². The zero-order chi connectivity index (χ0) is 20.3. The predicted molar refractivity (Wildman–Crippen MR) is 107 cm³/mol. The maximum atomic E-state index is 13.0. The highest BCUT2D eigenvalue weighted by molar-refractivity contribution is 6.31. The van der Waals surface area contributed by atoms with Crippen LogP contribution in [0.3, 0.4) is 0 Å². The summed E-state index contributed by atoms with van der Waals surface area (Å²) in [6, 6.07) is 7.79. The average Bonchev–Trinajstić information content (AvgIpc) is 3.22. The first-order chi connectivity index (χ1) is 13.4. The van der Waals surface area contributed by atoms with E-state index in [1.807, 2.05) is 6.92 Å². The van der Waals surface area contributed by atoms with Gasteiger partial charge in [-0.05, 0) is 43.7 Å². The molecule has 0 bridgehead atoms. The molecular weight excluding hydrogens is 382 g/mol. The molecule has 0 fully saturated rings. The Bertz CT molecular complexity index is 1030. The predicted octanol–water partition coefficient (Wildman–Crippen LogP) is 3.42. The first kappa shape index (κ1) is 20.1. The summed E-state index contributed by atoms with van der Waals surface area (Å²) in [6.45, 7) is 2.78. The molecule has 0 saturated heterocycles. The van der Waals surface area contributed by atoms with Crippen LogP contribution in [0.2, 0.25) is 5.02 Å². The number of ether oxygens (including phenoxy) is 1. The zero-order valence-corrected chi connectivity index (χ0v) is 16.8. The van der Waals surface area contributed by atoms with Gasteiger partial charge in [-0.25, -0.2) is 4.98 Å². The van der Waals surface area contributed by atoms with Gasteiger partial charge in [-0.15, -0.1) is 0 Å². The molecule has 1 unspecified atom stereocenters. The van der Waals surface area contributed by atoms with Gasteiger partial charge in [0.15, 0.2) is 5.76 Å². The van der Waals surface area contributed by atoms with Gasteiger partial charge in [0.1, 0.15) is 5.82 Å². The SMILES string of the molecule is COCCCN(C(=O)c1ccco1)C(C)c1nc2cc(Cl)ccc2c(=O)n1C. The van der Waals surface area contributed by atoms with Gasteiger partial charge in [-0.1, -0.05) is 11.6 Å². The summed E-state index contributed by atoms with van der Waals surface area (Å²) < 4.78 is 11.9. The molecule has 1 aromatic carbocycles. The van der Waals surface area contributed by atoms with Crippen LogP contribution >= 0.6 is 11.6 Å². The Morgan fingerprint density at radius 2 is 2.18 bits per heavy atom. The number of furan rings is 1. The second-order valence-corrected chi connectivity index (χ2v) is 6.93.